The Labute approximate surface area is 102 Å². The first-order chi connectivity index (χ1) is 8.06. The molecule has 5 nitrogen and oxygen atoms in total. The molecule has 1 amide bonds. The van der Waals surface area contributed by atoms with Crippen molar-refractivity contribution in [1.29, 1.82) is 0 Å². The average Bonchev–Trinajstić information content (AvgIpc) is 2.34. The van der Waals surface area contributed by atoms with Crippen molar-refractivity contribution in [2.75, 3.05) is 20.3 Å². The van der Waals surface area contributed by atoms with Gasteiger partial charge in [0.25, 0.3) is 0 Å². The zero-order valence-corrected chi connectivity index (χ0v) is 10.8. The van der Waals surface area contributed by atoms with E-state index in [4.69, 9.17) is 9.47 Å². The molecular formula is C12H21NO4. The number of ether oxygens (including phenoxy) is 2. The fraction of sp³-hybridized carbons (Fsp3) is 0.833. The number of amides is 1. The Bertz CT molecular complexity index is 278. The molecule has 1 saturated heterocycles. The van der Waals surface area contributed by atoms with Crippen molar-refractivity contribution in [2.24, 2.45) is 0 Å². The molecule has 1 aliphatic rings. The van der Waals surface area contributed by atoms with E-state index in [0.717, 1.165) is 12.8 Å². The molecule has 1 aliphatic heterocycles. The predicted octanol–water partition coefficient (Wildman–Crippen LogP) is 0.965. The van der Waals surface area contributed by atoms with Gasteiger partial charge in [-0.15, -0.1) is 0 Å². The molecule has 0 saturated carbocycles. The summed E-state index contributed by atoms with van der Waals surface area (Å²) in [5.74, 6) is -0.462. The summed E-state index contributed by atoms with van der Waals surface area (Å²) in [5.41, 5.74) is 0. The fourth-order valence-electron chi connectivity index (χ4n) is 1.93. The van der Waals surface area contributed by atoms with Crippen molar-refractivity contribution in [3.63, 3.8) is 0 Å². The van der Waals surface area contributed by atoms with Crippen LogP contribution in [0.25, 0.3) is 0 Å². The van der Waals surface area contributed by atoms with Gasteiger partial charge in [-0.1, -0.05) is 0 Å². The molecule has 1 atom stereocenters. The van der Waals surface area contributed by atoms with Gasteiger partial charge in [-0.2, -0.15) is 0 Å². The first-order valence-corrected chi connectivity index (χ1v) is 6.05. The van der Waals surface area contributed by atoms with E-state index in [9.17, 15) is 9.59 Å². The number of esters is 1. The van der Waals surface area contributed by atoms with Crippen molar-refractivity contribution >= 4 is 11.9 Å². The molecule has 0 aromatic rings. The average molecular weight is 243 g/mol. The molecule has 98 valence electrons. The standard InChI is InChI=1S/C12H21NO4/c1-9(2)17-8-11(14)13-7-5-4-6-10(13)12(15)16-3/h9-10H,4-8H2,1-3H3/t10-/m1/s1. The molecule has 0 spiro atoms. The van der Waals surface area contributed by atoms with E-state index in [1.165, 1.54) is 7.11 Å². The minimum atomic E-state index is -0.433. The number of hydrogen-bond acceptors (Lipinski definition) is 4. The van der Waals surface area contributed by atoms with Gasteiger partial charge in [0.2, 0.25) is 5.91 Å². The first kappa shape index (κ1) is 14.0. The van der Waals surface area contributed by atoms with Gasteiger partial charge in [0.05, 0.1) is 13.2 Å². The number of carbonyl (C=O) groups excluding carboxylic acids is 2. The smallest absolute Gasteiger partial charge is 0.328 e. The summed E-state index contributed by atoms with van der Waals surface area (Å²) in [6.45, 7) is 4.40. The molecule has 0 aliphatic carbocycles. The van der Waals surface area contributed by atoms with Crippen LogP contribution >= 0.6 is 0 Å². The number of carbonyl (C=O) groups is 2. The molecule has 0 unspecified atom stereocenters. The van der Waals surface area contributed by atoms with E-state index >= 15 is 0 Å². The highest BCUT2D eigenvalue weighted by molar-refractivity contribution is 5.85. The number of piperidine rings is 1. The summed E-state index contributed by atoms with van der Waals surface area (Å²) in [5, 5.41) is 0. The van der Waals surface area contributed by atoms with Gasteiger partial charge in [0.15, 0.2) is 0 Å². The Morgan fingerprint density at radius 2 is 2.06 bits per heavy atom. The molecule has 5 heteroatoms. The summed E-state index contributed by atoms with van der Waals surface area (Å²) in [6.07, 6.45) is 2.58. The van der Waals surface area contributed by atoms with E-state index in [0.29, 0.717) is 13.0 Å². The van der Waals surface area contributed by atoms with Crippen molar-refractivity contribution < 1.29 is 19.1 Å². The summed E-state index contributed by atoms with van der Waals surface area (Å²) in [4.78, 5) is 25.1. The maximum atomic E-state index is 11.9. The van der Waals surface area contributed by atoms with E-state index in [1.807, 2.05) is 13.8 Å². The fourth-order valence-corrected chi connectivity index (χ4v) is 1.93. The number of hydrogen-bond donors (Lipinski definition) is 0. The van der Waals surface area contributed by atoms with Gasteiger partial charge in [-0.25, -0.2) is 4.79 Å². The van der Waals surface area contributed by atoms with Crippen molar-refractivity contribution in [3.8, 4) is 0 Å². The zero-order valence-electron chi connectivity index (χ0n) is 10.8. The van der Waals surface area contributed by atoms with Crippen molar-refractivity contribution in [1.82, 2.24) is 4.90 Å². The Hall–Kier alpha value is -1.10. The van der Waals surface area contributed by atoms with Gasteiger partial charge in [0.1, 0.15) is 12.6 Å². The Balaban J connectivity index is 2.58. The second-order valence-corrected chi connectivity index (χ2v) is 4.48. The van der Waals surface area contributed by atoms with Gasteiger partial charge in [-0.3, -0.25) is 4.79 Å². The lowest BCUT2D eigenvalue weighted by atomic mass is 10.0. The Kier molecular flexibility index (Phi) is 5.41. The van der Waals surface area contributed by atoms with Crippen LogP contribution in [0.15, 0.2) is 0 Å². The third kappa shape index (κ3) is 4.00. The minimum absolute atomic E-state index is 0.0142. The highest BCUT2D eigenvalue weighted by Crippen LogP contribution is 2.18. The van der Waals surface area contributed by atoms with E-state index in [-0.39, 0.29) is 24.6 Å². The van der Waals surface area contributed by atoms with Gasteiger partial charge >= 0.3 is 5.97 Å². The molecule has 1 heterocycles. The van der Waals surface area contributed by atoms with Crippen LogP contribution in [-0.4, -0.2) is 49.2 Å². The number of rotatable bonds is 4. The van der Waals surface area contributed by atoms with Crippen LogP contribution in [0.2, 0.25) is 0 Å². The van der Waals surface area contributed by atoms with E-state index in [2.05, 4.69) is 0 Å². The quantitative estimate of drug-likeness (QED) is 0.690. The first-order valence-electron chi connectivity index (χ1n) is 6.05. The van der Waals surface area contributed by atoms with Crippen LogP contribution in [0.1, 0.15) is 33.1 Å². The summed E-state index contributed by atoms with van der Waals surface area (Å²) in [6, 6.07) is -0.433. The lowest BCUT2D eigenvalue weighted by Crippen LogP contribution is -2.49. The topological polar surface area (TPSA) is 55.8 Å². The van der Waals surface area contributed by atoms with E-state index < -0.39 is 6.04 Å². The lowest BCUT2D eigenvalue weighted by molar-refractivity contribution is -0.156. The molecule has 0 bridgehead atoms. The zero-order chi connectivity index (χ0) is 12.8. The summed E-state index contributed by atoms with van der Waals surface area (Å²) >= 11 is 0. The summed E-state index contributed by atoms with van der Waals surface area (Å²) < 4.78 is 10.00. The number of nitrogens with zero attached hydrogens (tertiary/aromatic N) is 1. The second-order valence-electron chi connectivity index (χ2n) is 4.48. The van der Waals surface area contributed by atoms with Crippen molar-refractivity contribution in [2.45, 2.75) is 45.3 Å². The lowest BCUT2D eigenvalue weighted by Gasteiger charge is -2.33. The molecular weight excluding hydrogens is 222 g/mol. The highest BCUT2D eigenvalue weighted by Gasteiger charge is 2.32. The molecule has 1 rings (SSSR count). The second kappa shape index (κ2) is 6.59. The minimum Gasteiger partial charge on any atom is -0.467 e. The Morgan fingerprint density at radius 1 is 1.35 bits per heavy atom. The number of methoxy groups -OCH3 is 1. The van der Waals surface area contributed by atoms with Crippen LogP contribution in [-0.2, 0) is 19.1 Å². The molecule has 0 N–H and O–H groups in total. The molecule has 17 heavy (non-hydrogen) atoms. The predicted molar refractivity (Wildman–Crippen MR) is 62.5 cm³/mol. The van der Waals surface area contributed by atoms with Crippen molar-refractivity contribution in [3.05, 3.63) is 0 Å². The van der Waals surface area contributed by atoms with Gasteiger partial charge in [0, 0.05) is 6.54 Å². The normalized spacial score (nSPS) is 20.5. The maximum absolute atomic E-state index is 11.9. The van der Waals surface area contributed by atoms with Crippen LogP contribution in [0.4, 0.5) is 0 Å². The van der Waals surface area contributed by atoms with Crippen LogP contribution in [0.3, 0.4) is 0 Å². The molecule has 1 fully saturated rings. The summed E-state index contributed by atoms with van der Waals surface area (Å²) in [7, 11) is 1.35. The van der Waals surface area contributed by atoms with Gasteiger partial charge < -0.3 is 14.4 Å². The van der Waals surface area contributed by atoms with Crippen LogP contribution in [0.5, 0.6) is 0 Å². The Morgan fingerprint density at radius 3 is 2.65 bits per heavy atom. The monoisotopic (exact) mass is 243 g/mol. The SMILES string of the molecule is COC(=O)[C@H]1CCCCN1C(=O)COC(C)C. The molecule has 0 radical (unpaired) electrons. The third-order valence-corrected chi connectivity index (χ3v) is 2.84. The maximum Gasteiger partial charge on any atom is 0.328 e. The van der Waals surface area contributed by atoms with Crippen LogP contribution < -0.4 is 0 Å². The molecule has 0 aromatic heterocycles. The largest absolute Gasteiger partial charge is 0.467 e. The number of likely N-dealkylation sites (tertiary alicyclic amines) is 1. The van der Waals surface area contributed by atoms with Gasteiger partial charge in [-0.05, 0) is 33.1 Å². The van der Waals surface area contributed by atoms with E-state index in [1.54, 1.807) is 4.90 Å². The third-order valence-electron chi connectivity index (χ3n) is 2.84. The highest BCUT2D eigenvalue weighted by atomic mass is 16.5. The molecule has 0 aromatic carbocycles. The van der Waals surface area contributed by atoms with Crippen LogP contribution in [0, 0.1) is 0 Å².